The minimum atomic E-state index is -0.204. The number of nitrogens with two attached hydrogens (primary N) is 1. The molecule has 0 amide bonds. The van der Waals surface area contributed by atoms with E-state index < -0.39 is 0 Å². The summed E-state index contributed by atoms with van der Waals surface area (Å²) in [7, 11) is 0. The SMILES string of the molecule is CCCOc1cncc(C(N)c2cc(Br)ccc2C)c1. The van der Waals surface area contributed by atoms with E-state index in [-0.39, 0.29) is 6.04 Å². The zero-order valence-corrected chi connectivity index (χ0v) is 13.4. The highest BCUT2D eigenvalue weighted by atomic mass is 79.9. The molecule has 20 heavy (non-hydrogen) atoms. The number of hydrogen-bond donors (Lipinski definition) is 1. The Hall–Kier alpha value is -1.39. The van der Waals surface area contributed by atoms with E-state index >= 15 is 0 Å². The standard InChI is InChI=1S/C16H19BrN2O/c1-3-6-20-14-7-12(9-19-10-14)16(18)15-8-13(17)5-4-11(15)2/h4-5,7-10,16H,3,6,18H2,1-2H3. The smallest absolute Gasteiger partial charge is 0.137 e. The van der Waals surface area contributed by atoms with Gasteiger partial charge in [-0.3, -0.25) is 4.98 Å². The highest BCUT2D eigenvalue weighted by Gasteiger charge is 2.13. The van der Waals surface area contributed by atoms with Gasteiger partial charge in [0.2, 0.25) is 0 Å². The highest BCUT2D eigenvalue weighted by molar-refractivity contribution is 9.10. The number of hydrogen-bond acceptors (Lipinski definition) is 3. The molecule has 0 aliphatic heterocycles. The van der Waals surface area contributed by atoms with Crippen LogP contribution < -0.4 is 10.5 Å². The van der Waals surface area contributed by atoms with Gasteiger partial charge in [0.25, 0.3) is 0 Å². The van der Waals surface area contributed by atoms with E-state index in [9.17, 15) is 0 Å². The number of nitrogens with zero attached hydrogens (tertiary/aromatic N) is 1. The van der Waals surface area contributed by atoms with Gasteiger partial charge in [0.15, 0.2) is 0 Å². The molecule has 1 heterocycles. The summed E-state index contributed by atoms with van der Waals surface area (Å²) in [5.74, 6) is 0.771. The van der Waals surface area contributed by atoms with Crippen LogP contribution in [-0.2, 0) is 0 Å². The average Bonchev–Trinajstić information content (AvgIpc) is 2.47. The molecule has 0 spiro atoms. The van der Waals surface area contributed by atoms with Crippen molar-refractivity contribution in [3.63, 3.8) is 0 Å². The zero-order valence-electron chi connectivity index (χ0n) is 11.8. The Kier molecular flexibility index (Phi) is 5.15. The predicted octanol–water partition coefficient (Wildman–Crippen LogP) is 3.99. The van der Waals surface area contributed by atoms with Crippen molar-refractivity contribution < 1.29 is 4.74 Å². The molecule has 106 valence electrons. The molecular weight excluding hydrogens is 316 g/mol. The van der Waals surface area contributed by atoms with E-state index in [1.807, 2.05) is 12.1 Å². The first kappa shape index (κ1) is 15.0. The Balaban J connectivity index is 2.28. The molecule has 2 N–H and O–H groups in total. The molecule has 0 aliphatic rings. The van der Waals surface area contributed by atoms with Gasteiger partial charge in [-0.15, -0.1) is 0 Å². The van der Waals surface area contributed by atoms with Gasteiger partial charge in [-0.1, -0.05) is 28.9 Å². The van der Waals surface area contributed by atoms with Crippen LogP contribution >= 0.6 is 15.9 Å². The molecule has 0 fully saturated rings. The zero-order chi connectivity index (χ0) is 14.5. The Morgan fingerprint density at radius 2 is 2.10 bits per heavy atom. The van der Waals surface area contributed by atoms with Crippen LogP contribution in [0.15, 0.2) is 41.1 Å². The number of ether oxygens (including phenoxy) is 1. The van der Waals surface area contributed by atoms with Crippen LogP contribution in [0.2, 0.25) is 0 Å². The predicted molar refractivity (Wildman–Crippen MR) is 84.9 cm³/mol. The van der Waals surface area contributed by atoms with Crippen LogP contribution in [0.1, 0.15) is 36.1 Å². The van der Waals surface area contributed by atoms with Gasteiger partial charge < -0.3 is 10.5 Å². The fraction of sp³-hybridized carbons (Fsp3) is 0.312. The van der Waals surface area contributed by atoms with E-state index in [1.54, 1.807) is 12.4 Å². The summed E-state index contributed by atoms with van der Waals surface area (Å²) in [5, 5.41) is 0. The minimum Gasteiger partial charge on any atom is -0.492 e. The van der Waals surface area contributed by atoms with E-state index in [0.29, 0.717) is 6.61 Å². The van der Waals surface area contributed by atoms with Crippen molar-refractivity contribution in [3.05, 3.63) is 57.8 Å². The van der Waals surface area contributed by atoms with Crippen molar-refractivity contribution in [2.75, 3.05) is 6.61 Å². The van der Waals surface area contributed by atoms with E-state index in [0.717, 1.165) is 27.8 Å². The number of pyridine rings is 1. The fourth-order valence-corrected chi connectivity index (χ4v) is 2.41. The molecular formula is C16H19BrN2O. The van der Waals surface area contributed by atoms with Crippen molar-refractivity contribution in [2.24, 2.45) is 5.73 Å². The van der Waals surface area contributed by atoms with E-state index in [4.69, 9.17) is 10.5 Å². The lowest BCUT2D eigenvalue weighted by Crippen LogP contribution is -2.14. The van der Waals surface area contributed by atoms with E-state index in [2.05, 4.69) is 46.9 Å². The second kappa shape index (κ2) is 6.86. The molecule has 4 heteroatoms. The van der Waals surface area contributed by atoms with Crippen LogP contribution in [0.4, 0.5) is 0 Å². The maximum absolute atomic E-state index is 6.37. The summed E-state index contributed by atoms with van der Waals surface area (Å²) in [6, 6.07) is 7.90. The lowest BCUT2D eigenvalue weighted by molar-refractivity contribution is 0.315. The number of benzene rings is 1. The van der Waals surface area contributed by atoms with Crippen LogP contribution in [0.25, 0.3) is 0 Å². The molecule has 2 rings (SSSR count). The molecule has 1 unspecified atom stereocenters. The van der Waals surface area contributed by atoms with Gasteiger partial charge in [-0.2, -0.15) is 0 Å². The molecule has 0 bridgehead atoms. The van der Waals surface area contributed by atoms with Gasteiger partial charge in [0.1, 0.15) is 5.75 Å². The van der Waals surface area contributed by atoms with Crippen molar-refractivity contribution in [3.8, 4) is 5.75 Å². The number of aryl methyl sites for hydroxylation is 1. The molecule has 1 aromatic carbocycles. The Morgan fingerprint density at radius 3 is 2.85 bits per heavy atom. The lowest BCUT2D eigenvalue weighted by atomic mass is 9.97. The molecule has 1 aromatic heterocycles. The number of halogens is 1. The number of rotatable bonds is 5. The van der Waals surface area contributed by atoms with Gasteiger partial charge in [-0.25, -0.2) is 0 Å². The molecule has 0 aliphatic carbocycles. The molecule has 3 nitrogen and oxygen atoms in total. The first-order chi connectivity index (χ1) is 9.61. The van der Waals surface area contributed by atoms with Crippen LogP contribution in [0, 0.1) is 6.92 Å². The fourth-order valence-electron chi connectivity index (χ4n) is 2.03. The molecule has 0 saturated carbocycles. The molecule has 1 atom stereocenters. The quantitative estimate of drug-likeness (QED) is 0.899. The van der Waals surface area contributed by atoms with Gasteiger partial charge in [0.05, 0.1) is 18.8 Å². The normalized spacial score (nSPS) is 12.2. The lowest BCUT2D eigenvalue weighted by Gasteiger charge is -2.16. The monoisotopic (exact) mass is 334 g/mol. The van der Waals surface area contributed by atoms with Crippen molar-refractivity contribution >= 4 is 15.9 Å². The Bertz CT molecular complexity index is 586. The van der Waals surface area contributed by atoms with Gasteiger partial charge >= 0.3 is 0 Å². The molecule has 0 radical (unpaired) electrons. The van der Waals surface area contributed by atoms with Crippen molar-refractivity contribution in [1.29, 1.82) is 0 Å². The second-order valence-electron chi connectivity index (χ2n) is 4.78. The first-order valence-electron chi connectivity index (χ1n) is 6.71. The maximum Gasteiger partial charge on any atom is 0.137 e. The second-order valence-corrected chi connectivity index (χ2v) is 5.70. The summed E-state index contributed by atoms with van der Waals surface area (Å²) in [6.07, 6.45) is 4.49. The summed E-state index contributed by atoms with van der Waals surface area (Å²) >= 11 is 3.49. The van der Waals surface area contributed by atoms with E-state index in [1.165, 1.54) is 5.56 Å². The molecule has 2 aromatic rings. The molecule has 0 saturated heterocycles. The largest absolute Gasteiger partial charge is 0.492 e. The van der Waals surface area contributed by atoms with Crippen LogP contribution in [-0.4, -0.2) is 11.6 Å². The summed E-state index contributed by atoms with van der Waals surface area (Å²) in [5.41, 5.74) is 9.58. The third kappa shape index (κ3) is 3.58. The maximum atomic E-state index is 6.37. The van der Waals surface area contributed by atoms with Crippen molar-refractivity contribution in [1.82, 2.24) is 4.98 Å². The third-order valence-corrected chi connectivity index (χ3v) is 3.64. The summed E-state index contributed by atoms with van der Waals surface area (Å²) < 4.78 is 6.64. The van der Waals surface area contributed by atoms with Gasteiger partial charge in [-0.05, 0) is 48.2 Å². The minimum absolute atomic E-state index is 0.204. The van der Waals surface area contributed by atoms with Crippen LogP contribution in [0.3, 0.4) is 0 Å². The Morgan fingerprint density at radius 1 is 1.30 bits per heavy atom. The van der Waals surface area contributed by atoms with Gasteiger partial charge in [0, 0.05) is 10.7 Å². The third-order valence-electron chi connectivity index (χ3n) is 3.14. The Labute approximate surface area is 128 Å². The number of aromatic nitrogens is 1. The van der Waals surface area contributed by atoms with Crippen molar-refractivity contribution in [2.45, 2.75) is 26.3 Å². The first-order valence-corrected chi connectivity index (χ1v) is 7.50. The highest BCUT2D eigenvalue weighted by Crippen LogP contribution is 2.27. The van der Waals surface area contributed by atoms with Crippen LogP contribution in [0.5, 0.6) is 5.75 Å². The average molecular weight is 335 g/mol. The topological polar surface area (TPSA) is 48.1 Å². The summed E-state index contributed by atoms with van der Waals surface area (Å²) in [4.78, 5) is 4.22. The summed E-state index contributed by atoms with van der Waals surface area (Å²) in [6.45, 7) is 4.83.